The van der Waals surface area contributed by atoms with E-state index in [0.29, 0.717) is 0 Å². The molecule has 0 amide bonds. The summed E-state index contributed by atoms with van der Waals surface area (Å²) in [7, 11) is -3.57. The number of nitrogens with one attached hydrogen (secondary N) is 1. The Labute approximate surface area is 154 Å². The molecule has 1 N–H and O–H groups in total. The van der Waals surface area contributed by atoms with Crippen molar-refractivity contribution < 1.29 is 8.42 Å². The lowest BCUT2D eigenvalue weighted by Gasteiger charge is -2.36. The number of pyridine rings is 1. The molecule has 0 bridgehead atoms. The van der Waals surface area contributed by atoms with E-state index in [0.717, 1.165) is 28.3 Å². The number of hydrogen-bond acceptors (Lipinski definition) is 6. The topological polar surface area (TPSA) is 110 Å². The van der Waals surface area contributed by atoms with Crippen molar-refractivity contribution in [3.8, 4) is 11.3 Å². The molecule has 27 heavy (non-hydrogen) atoms. The van der Waals surface area contributed by atoms with E-state index < -0.39 is 10.0 Å². The van der Waals surface area contributed by atoms with Crippen LogP contribution in [0.2, 0.25) is 0 Å². The summed E-state index contributed by atoms with van der Waals surface area (Å²) in [5.41, 5.74) is 2.39. The number of aromatic nitrogens is 6. The third-order valence-corrected chi connectivity index (χ3v) is 6.20. The Balaban J connectivity index is 1.36. The molecular weight excluding hydrogens is 366 g/mol. The zero-order chi connectivity index (χ0) is 18.4. The fourth-order valence-corrected chi connectivity index (χ4v) is 4.38. The number of fused-ring (bicyclic) bond motifs is 1. The van der Waals surface area contributed by atoms with Crippen molar-refractivity contribution in [3.63, 3.8) is 0 Å². The van der Waals surface area contributed by atoms with E-state index in [-0.39, 0.29) is 18.1 Å². The van der Waals surface area contributed by atoms with Crippen LogP contribution in [-0.2, 0) is 10.0 Å². The van der Waals surface area contributed by atoms with E-state index in [1.165, 1.54) is 22.9 Å². The van der Waals surface area contributed by atoms with Crippen LogP contribution in [0.4, 0.5) is 0 Å². The van der Waals surface area contributed by atoms with Crippen LogP contribution in [0.25, 0.3) is 22.3 Å². The minimum atomic E-state index is -3.57. The van der Waals surface area contributed by atoms with Gasteiger partial charge in [-0.1, -0.05) is 6.07 Å². The molecule has 0 unspecified atom stereocenters. The fraction of sp³-hybridized carbons (Fsp3) is 0.118. The summed E-state index contributed by atoms with van der Waals surface area (Å²) in [6, 6.07) is 7.65. The van der Waals surface area contributed by atoms with E-state index in [2.05, 4.69) is 25.0 Å². The Hall–Kier alpha value is -3.11. The third-order valence-electron chi connectivity index (χ3n) is 4.49. The molecule has 4 aromatic rings. The third kappa shape index (κ3) is 2.61. The average molecular weight is 380 g/mol. The van der Waals surface area contributed by atoms with Gasteiger partial charge in [0.15, 0.2) is 5.03 Å². The Morgan fingerprint density at radius 3 is 2.78 bits per heavy atom. The summed E-state index contributed by atoms with van der Waals surface area (Å²) in [5.74, 6) is 0. The van der Waals surface area contributed by atoms with Crippen LogP contribution >= 0.6 is 0 Å². The van der Waals surface area contributed by atoms with Crippen LogP contribution < -0.4 is 0 Å². The summed E-state index contributed by atoms with van der Waals surface area (Å²) in [6.07, 6.45) is 8.37. The van der Waals surface area contributed by atoms with Crippen LogP contribution in [0.1, 0.15) is 0 Å². The first-order valence-electron chi connectivity index (χ1n) is 8.22. The minimum absolute atomic E-state index is 0.0565. The molecule has 4 aromatic heterocycles. The van der Waals surface area contributed by atoms with Crippen molar-refractivity contribution in [2.75, 3.05) is 13.1 Å². The highest BCUT2D eigenvalue weighted by molar-refractivity contribution is 7.89. The van der Waals surface area contributed by atoms with Crippen molar-refractivity contribution in [1.29, 1.82) is 0 Å². The molecule has 135 valence electrons. The Morgan fingerprint density at radius 1 is 1.07 bits per heavy atom. The quantitative estimate of drug-likeness (QED) is 0.571. The maximum atomic E-state index is 12.5. The summed E-state index contributed by atoms with van der Waals surface area (Å²) >= 11 is 0. The molecule has 10 heteroatoms. The van der Waals surface area contributed by atoms with Crippen molar-refractivity contribution in [1.82, 2.24) is 34.0 Å². The minimum Gasteiger partial charge on any atom is -0.346 e. The van der Waals surface area contributed by atoms with Crippen molar-refractivity contribution in [2.24, 2.45) is 0 Å². The number of aromatic amines is 1. The molecule has 5 heterocycles. The molecule has 5 rings (SSSR count). The Kier molecular flexibility index (Phi) is 3.55. The second-order valence-electron chi connectivity index (χ2n) is 6.14. The molecule has 1 fully saturated rings. The lowest BCUT2D eigenvalue weighted by molar-refractivity contribution is 0.302. The van der Waals surface area contributed by atoms with Gasteiger partial charge in [0.25, 0.3) is 10.0 Å². The summed E-state index contributed by atoms with van der Waals surface area (Å²) < 4.78 is 28.2. The maximum absolute atomic E-state index is 12.5. The van der Waals surface area contributed by atoms with E-state index >= 15 is 0 Å². The van der Waals surface area contributed by atoms with Crippen LogP contribution in [0.5, 0.6) is 0 Å². The van der Waals surface area contributed by atoms with Gasteiger partial charge in [0.2, 0.25) is 0 Å². The first kappa shape index (κ1) is 16.1. The number of hydrogen-bond donors (Lipinski definition) is 1. The van der Waals surface area contributed by atoms with E-state index in [1.807, 2.05) is 18.5 Å². The SMILES string of the molecule is O=S(=O)(c1ccccn1)N1C[C](n2cc(-c3ncnc4[nH]ccc34)cn2)C1. The normalized spacial score (nSPS) is 15.9. The summed E-state index contributed by atoms with van der Waals surface area (Å²) in [5, 5.41) is 5.34. The second-order valence-corrected chi connectivity index (χ2v) is 8.03. The molecule has 0 spiro atoms. The van der Waals surface area contributed by atoms with E-state index in [4.69, 9.17) is 0 Å². The fourth-order valence-electron chi connectivity index (χ4n) is 3.03. The number of H-pyrrole nitrogens is 1. The van der Waals surface area contributed by atoms with Gasteiger partial charge in [-0.05, 0) is 18.2 Å². The van der Waals surface area contributed by atoms with Gasteiger partial charge in [0.1, 0.15) is 18.0 Å². The monoisotopic (exact) mass is 380 g/mol. The number of nitrogens with zero attached hydrogens (tertiary/aromatic N) is 6. The first-order valence-corrected chi connectivity index (χ1v) is 9.66. The van der Waals surface area contributed by atoms with Gasteiger partial charge in [-0.3, -0.25) is 4.68 Å². The van der Waals surface area contributed by atoms with Gasteiger partial charge < -0.3 is 4.98 Å². The van der Waals surface area contributed by atoms with E-state index in [9.17, 15) is 8.42 Å². The maximum Gasteiger partial charge on any atom is 0.260 e. The highest BCUT2D eigenvalue weighted by atomic mass is 32.2. The highest BCUT2D eigenvalue weighted by Gasteiger charge is 2.39. The first-order chi connectivity index (χ1) is 13.1. The molecule has 1 aliphatic rings. The molecule has 0 saturated carbocycles. The largest absolute Gasteiger partial charge is 0.346 e. The molecule has 1 saturated heterocycles. The molecule has 1 aliphatic heterocycles. The Bertz CT molecular complexity index is 1210. The number of sulfonamides is 1. The summed E-state index contributed by atoms with van der Waals surface area (Å²) in [6.45, 7) is 0.562. The van der Waals surface area contributed by atoms with Gasteiger partial charge in [-0.15, -0.1) is 0 Å². The zero-order valence-corrected chi connectivity index (χ0v) is 14.8. The summed E-state index contributed by atoms with van der Waals surface area (Å²) in [4.78, 5) is 15.5. The molecule has 9 nitrogen and oxygen atoms in total. The lowest BCUT2D eigenvalue weighted by Crippen LogP contribution is -2.51. The molecule has 0 aromatic carbocycles. The molecular formula is C17H14N7O2S. The molecule has 0 atom stereocenters. The van der Waals surface area contributed by atoms with Crippen molar-refractivity contribution in [2.45, 2.75) is 5.03 Å². The van der Waals surface area contributed by atoms with Gasteiger partial charge in [-0.2, -0.15) is 9.40 Å². The van der Waals surface area contributed by atoms with Gasteiger partial charge in [-0.25, -0.2) is 23.4 Å². The zero-order valence-electron chi connectivity index (χ0n) is 14.0. The smallest absolute Gasteiger partial charge is 0.260 e. The van der Waals surface area contributed by atoms with Crippen LogP contribution in [-0.4, -0.2) is 55.5 Å². The van der Waals surface area contributed by atoms with Crippen LogP contribution in [0, 0.1) is 6.04 Å². The van der Waals surface area contributed by atoms with Gasteiger partial charge in [0, 0.05) is 42.6 Å². The predicted molar refractivity (Wildman–Crippen MR) is 96.7 cm³/mol. The highest BCUT2D eigenvalue weighted by Crippen LogP contribution is 2.29. The second kappa shape index (κ2) is 5.96. The number of rotatable bonds is 4. The van der Waals surface area contributed by atoms with Gasteiger partial charge >= 0.3 is 0 Å². The molecule has 1 radical (unpaired) electrons. The molecule has 0 aliphatic carbocycles. The van der Waals surface area contributed by atoms with E-state index in [1.54, 1.807) is 23.0 Å². The lowest BCUT2D eigenvalue weighted by atomic mass is 10.1. The van der Waals surface area contributed by atoms with Crippen molar-refractivity contribution >= 4 is 21.1 Å². The Morgan fingerprint density at radius 2 is 1.96 bits per heavy atom. The van der Waals surface area contributed by atoms with Crippen LogP contribution in [0.15, 0.2) is 60.4 Å². The van der Waals surface area contributed by atoms with Gasteiger partial charge in [0.05, 0.1) is 11.9 Å². The van der Waals surface area contributed by atoms with Crippen molar-refractivity contribution in [3.05, 3.63) is 61.4 Å². The predicted octanol–water partition coefficient (Wildman–Crippen LogP) is 1.30. The van der Waals surface area contributed by atoms with Crippen LogP contribution in [0.3, 0.4) is 0 Å². The standard InChI is InChI=1S/C17H14N7O2S/c25-27(26,15-3-1-2-5-18-15)23-9-13(10-23)24-8-12(7-22-24)16-14-4-6-19-17(14)21-11-20-16/h1-8,11H,9-10H2,(H,19,20,21). The average Bonchev–Trinajstić information content (AvgIpc) is 3.30.